The van der Waals surface area contributed by atoms with E-state index in [9.17, 15) is 0 Å². The zero-order valence-corrected chi connectivity index (χ0v) is 13.9. The molecular weight excluding hydrogens is 322 g/mol. The highest BCUT2D eigenvalue weighted by atomic mass is 16.6. The summed E-state index contributed by atoms with van der Waals surface area (Å²) in [5, 5.41) is 3.97. The molecule has 0 radical (unpaired) electrons. The molecule has 0 saturated heterocycles. The average molecular weight is 339 g/mol. The Hall–Kier alpha value is -3.15. The van der Waals surface area contributed by atoms with Gasteiger partial charge in [0.25, 0.3) is 0 Å². The molecule has 2 aromatic carbocycles. The molecule has 128 valence electrons. The van der Waals surface area contributed by atoms with Crippen molar-refractivity contribution in [2.45, 2.75) is 0 Å². The third kappa shape index (κ3) is 2.76. The van der Waals surface area contributed by atoms with Gasteiger partial charge in [-0.25, -0.2) is 0 Å². The minimum absolute atomic E-state index is 0.544. The van der Waals surface area contributed by atoms with Crippen molar-refractivity contribution in [2.75, 3.05) is 27.4 Å². The molecule has 0 aliphatic carbocycles. The van der Waals surface area contributed by atoms with E-state index in [-0.39, 0.29) is 0 Å². The first-order valence-electron chi connectivity index (χ1n) is 7.87. The second kappa shape index (κ2) is 6.39. The average Bonchev–Trinajstić information content (AvgIpc) is 3.16. The number of rotatable bonds is 4. The summed E-state index contributed by atoms with van der Waals surface area (Å²) < 4.78 is 27.4. The molecule has 1 aliphatic rings. The van der Waals surface area contributed by atoms with Gasteiger partial charge in [0, 0.05) is 11.1 Å². The molecule has 0 N–H and O–H groups in total. The van der Waals surface area contributed by atoms with Gasteiger partial charge in [0.15, 0.2) is 28.8 Å². The summed E-state index contributed by atoms with van der Waals surface area (Å²) in [6.07, 6.45) is 1.69. The van der Waals surface area contributed by atoms with Crippen LogP contribution in [0.1, 0.15) is 0 Å². The van der Waals surface area contributed by atoms with Gasteiger partial charge < -0.3 is 23.5 Å². The van der Waals surface area contributed by atoms with Gasteiger partial charge in [-0.15, -0.1) is 0 Å². The maximum atomic E-state index is 5.66. The van der Waals surface area contributed by atoms with Gasteiger partial charge in [0.1, 0.15) is 13.2 Å². The van der Waals surface area contributed by atoms with Crippen LogP contribution in [0.2, 0.25) is 0 Å². The molecule has 0 atom stereocenters. The number of ether oxygens (including phenoxy) is 4. The molecule has 1 aromatic heterocycles. The molecule has 0 bridgehead atoms. The molecule has 25 heavy (non-hydrogen) atoms. The van der Waals surface area contributed by atoms with E-state index in [1.54, 1.807) is 20.4 Å². The first kappa shape index (κ1) is 15.4. The van der Waals surface area contributed by atoms with E-state index in [0.29, 0.717) is 30.5 Å². The monoisotopic (exact) mass is 339 g/mol. The molecule has 2 heterocycles. The number of fused-ring (bicyclic) bond motifs is 1. The van der Waals surface area contributed by atoms with Gasteiger partial charge in [-0.3, -0.25) is 0 Å². The van der Waals surface area contributed by atoms with Gasteiger partial charge in [0.2, 0.25) is 0 Å². The van der Waals surface area contributed by atoms with Crippen LogP contribution < -0.4 is 18.9 Å². The van der Waals surface area contributed by atoms with Gasteiger partial charge in [0.05, 0.1) is 20.4 Å². The van der Waals surface area contributed by atoms with Crippen molar-refractivity contribution in [3.05, 3.63) is 42.6 Å². The van der Waals surface area contributed by atoms with Crippen LogP contribution in [0.3, 0.4) is 0 Å². The molecule has 0 amide bonds. The predicted octanol–water partition coefficient (Wildman–Crippen LogP) is 3.80. The van der Waals surface area contributed by atoms with Gasteiger partial charge in [-0.2, -0.15) is 0 Å². The first-order chi connectivity index (χ1) is 12.3. The molecule has 0 unspecified atom stereocenters. The Labute approximate surface area is 144 Å². The van der Waals surface area contributed by atoms with Crippen LogP contribution >= 0.6 is 0 Å². The van der Waals surface area contributed by atoms with E-state index < -0.39 is 0 Å². The fourth-order valence-corrected chi connectivity index (χ4v) is 2.84. The quantitative estimate of drug-likeness (QED) is 0.720. The summed E-state index contributed by atoms with van der Waals surface area (Å²) in [6, 6.07) is 11.4. The summed E-state index contributed by atoms with van der Waals surface area (Å²) in [6.45, 7) is 1.11. The van der Waals surface area contributed by atoms with Crippen LogP contribution in [0.5, 0.6) is 23.0 Å². The standard InChI is InChI=1S/C19H17NO5/c1-21-15-5-4-13(10-17(15)22-2)19-14(11-20-25-19)12-3-6-16-18(9-12)24-8-7-23-16/h3-6,9-11H,7-8H2,1-2H3. The number of nitrogens with zero attached hydrogens (tertiary/aromatic N) is 1. The van der Waals surface area contributed by atoms with E-state index in [1.807, 2.05) is 36.4 Å². The Morgan fingerprint density at radius 3 is 2.40 bits per heavy atom. The number of aromatic nitrogens is 1. The molecule has 0 spiro atoms. The molecule has 0 saturated carbocycles. The molecule has 0 fully saturated rings. The summed E-state index contributed by atoms with van der Waals surface area (Å²) in [5.74, 6) is 3.41. The summed E-state index contributed by atoms with van der Waals surface area (Å²) in [5.41, 5.74) is 2.65. The van der Waals surface area contributed by atoms with Crippen molar-refractivity contribution < 1.29 is 23.5 Å². The van der Waals surface area contributed by atoms with Crippen LogP contribution in [0.4, 0.5) is 0 Å². The maximum Gasteiger partial charge on any atom is 0.174 e. The SMILES string of the molecule is COc1ccc(-c2oncc2-c2ccc3c(c2)OCCO3)cc1OC. The van der Waals surface area contributed by atoms with Crippen molar-refractivity contribution in [1.29, 1.82) is 0 Å². The second-order valence-corrected chi connectivity index (χ2v) is 5.50. The third-order valence-electron chi connectivity index (χ3n) is 4.07. The molecular formula is C19H17NO5. The molecule has 1 aliphatic heterocycles. The highest BCUT2D eigenvalue weighted by Gasteiger charge is 2.18. The lowest BCUT2D eigenvalue weighted by atomic mass is 10.0. The highest BCUT2D eigenvalue weighted by Crippen LogP contribution is 2.40. The topological polar surface area (TPSA) is 63.0 Å². The number of hydrogen-bond acceptors (Lipinski definition) is 6. The summed E-state index contributed by atoms with van der Waals surface area (Å²) in [4.78, 5) is 0. The Morgan fingerprint density at radius 2 is 1.60 bits per heavy atom. The summed E-state index contributed by atoms with van der Waals surface area (Å²) >= 11 is 0. The van der Waals surface area contributed by atoms with E-state index in [1.165, 1.54) is 0 Å². The molecule has 6 nitrogen and oxygen atoms in total. The van der Waals surface area contributed by atoms with Crippen LogP contribution in [0.15, 0.2) is 47.1 Å². The van der Waals surface area contributed by atoms with E-state index >= 15 is 0 Å². The fourth-order valence-electron chi connectivity index (χ4n) is 2.84. The van der Waals surface area contributed by atoms with Gasteiger partial charge in [-0.1, -0.05) is 11.2 Å². The molecule has 3 aromatic rings. The predicted molar refractivity (Wildman–Crippen MR) is 91.5 cm³/mol. The minimum Gasteiger partial charge on any atom is -0.493 e. The van der Waals surface area contributed by atoms with E-state index in [2.05, 4.69) is 5.16 Å². The van der Waals surface area contributed by atoms with Crippen LogP contribution in [-0.2, 0) is 0 Å². The van der Waals surface area contributed by atoms with Crippen molar-refractivity contribution in [2.24, 2.45) is 0 Å². The lowest BCUT2D eigenvalue weighted by Gasteiger charge is -2.18. The Bertz CT molecular complexity index is 849. The van der Waals surface area contributed by atoms with Crippen molar-refractivity contribution >= 4 is 0 Å². The molecule has 6 heteroatoms. The minimum atomic E-state index is 0.544. The highest BCUT2D eigenvalue weighted by molar-refractivity contribution is 5.81. The van der Waals surface area contributed by atoms with E-state index in [4.69, 9.17) is 23.5 Å². The molecule has 4 rings (SSSR count). The van der Waals surface area contributed by atoms with Crippen molar-refractivity contribution in [3.8, 4) is 45.4 Å². The zero-order valence-electron chi connectivity index (χ0n) is 13.9. The number of methoxy groups -OCH3 is 2. The Kier molecular flexibility index (Phi) is 3.93. The smallest absolute Gasteiger partial charge is 0.174 e. The fraction of sp³-hybridized carbons (Fsp3) is 0.211. The Morgan fingerprint density at radius 1 is 0.840 bits per heavy atom. The van der Waals surface area contributed by atoms with Gasteiger partial charge >= 0.3 is 0 Å². The zero-order chi connectivity index (χ0) is 17.2. The van der Waals surface area contributed by atoms with E-state index in [0.717, 1.165) is 28.2 Å². The lowest BCUT2D eigenvalue weighted by molar-refractivity contribution is 0.171. The first-order valence-corrected chi connectivity index (χ1v) is 7.87. The largest absolute Gasteiger partial charge is 0.493 e. The maximum absolute atomic E-state index is 5.66. The van der Waals surface area contributed by atoms with Crippen LogP contribution in [0, 0.1) is 0 Å². The normalized spacial score (nSPS) is 12.7. The second-order valence-electron chi connectivity index (χ2n) is 5.50. The number of hydrogen-bond donors (Lipinski definition) is 0. The Balaban J connectivity index is 1.76. The van der Waals surface area contributed by atoms with Crippen molar-refractivity contribution in [1.82, 2.24) is 5.16 Å². The number of benzene rings is 2. The van der Waals surface area contributed by atoms with Crippen molar-refractivity contribution in [3.63, 3.8) is 0 Å². The third-order valence-corrected chi connectivity index (χ3v) is 4.07. The lowest BCUT2D eigenvalue weighted by Crippen LogP contribution is -2.15. The van der Waals surface area contributed by atoms with Gasteiger partial charge in [-0.05, 0) is 35.9 Å². The summed E-state index contributed by atoms with van der Waals surface area (Å²) in [7, 11) is 3.20. The van der Waals surface area contributed by atoms with Crippen LogP contribution in [-0.4, -0.2) is 32.6 Å². The van der Waals surface area contributed by atoms with Crippen LogP contribution in [0.25, 0.3) is 22.5 Å².